The summed E-state index contributed by atoms with van der Waals surface area (Å²) in [5.74, 6) is 1.62. The highest BCUT2D eigenvalue weighted by Crippen LogP contribution is 2.40. The molecule has 1 N–H and O–H groups in total. The van der Waals surface area contributed by atoms with Crippen LogP contribution in [0.15, 0.2) is 35.0 Å². The summed E-state index contributed by atoms with van der Waals surface area (Å²) in [6.45, 7) is 1.48. The first-order valence-electron chi connectivity index (χ1n) is 8.97. The van der Waals surface area contributed by atoms with E-state index in [0.29, 0.717) is 24.1 Å². The van der Waals surface area contributed by atoms with E-state index in [2.05, 4.69) is 21.2 Å². The van der Waals surface area contributed by atoms with E-state index < -0.39 is 0 Å². The number of nitrogens with one attached hydrogen (secondary N) is 1. The van der Waals surface area contributed by atoms with Gasteiger partial charge in [-0.15, -0.1) is 0 Å². The van der Waals surface area contributed by atoms with Crippen LogP contribution >= 0.6 is 0 Å². The summed E-state index contributed by atoms with van der Waals surface area (Å²) in [5.41, 5.74) is 3.63. The maximum Gasteiger partial charge on any atom is 0.276 e. The van der Waals surface area contributed by atoms with Gasteiger partial charge in [0.05, 0.1) is 11.0 Å². The van der Waals surface area contributed by atoms with Crippen molar-refractivity contribution in [2.24, 2.45) is 0 Å². The Morgan fingerprint density at radius 3 is 3.00 bits per heavy atom. The molecule has 0 bridgehead atoms. The van der Waals surface area contributed by atoms with Gasteiger partial charge in [-0.25, -0.2) is 0 Å². The Bertz CT molecular complexity index is 891. The molecule has 0 spiro atoms. The van der Waals surface area contributed by atoms with Crippen LogP contribution in [0.5, 0.6) is 0 Å². The molecule has 3 aromatic heterocycles. The summed E-state index contributed by atoms with van der Waals surface area (Å²) in [5, 5.41) is 4.00. The molecule has 1 aliphatic heterocycles. The molecule has 5 rings (SSSR count). The predicted molar refractivity (Wildman–Crippen MR) is 92.5 cm³/mol. The molecule has 6 nitrogen and oxygen atoms in total. The average Bonchev–Trinajstić information content (AvgIpc) is 3.22. The third-order valence-corrected chi connectivity index (χ3v) is 5.29. The minimum Gasteiger partial charge on any atom is -0.360 e. The van der Waals surface area contributed by atoms with E-state index in [1.54, 1.807) is 6.20 Å². The van der Waals surface area contributed by atoms with Crippen LogP contribution in [0.2, 0.25) is 0 Å². The molecular weight excluding hydrogens is 316 g/mol. The molecule has 0 unspecified atom stereocenters. The molecule has 0 radical (unpaired) electrons. The molecule has 2 aliphatic rings. The number of rotatable bonds is 3. The van der Waals surface area contributed by atoms with Crippen LogP contribution in [-0.4, -0.2) is 39.0 Å². The maximum atomic E-state index is 12.8. The van der Waals surface area contributed by atoms with Crippen molar-refractivity contribution in [3.63, 3.8) is 0 Å². The van der Waals surface area contributed by atoms with Gasteiger partial charge in [0.25, 0.3) is 5.91 Å². The first kappa shape index (κ1) is 14.7. The number of carbonyl (C=O) groups is 1. The Morgan fingerprint density at radius 2 is 2.16 bits per heavy atom. The SMILES string of the molecule is O=C(c1cc(C2CC2)on1)N1CCC[C@@H](c2cc3ncccc3[nH]2)C1. The number of fused-ring (bicyclic) bond motifs is 1. The van der Waals surface area contributed by atoms with E-state index in [4.69, 9.17) is 4.52 Å². The second kappa shape index (κ2) is 5.72. The zero-order chi connectivity index (χ0) is 16.8. The fraction of sp³-hybridized carbons (Fsp3) is 0.421. The van der Waals surface area contributed by atoms with Crippen LogP contribution < -0.4 is 0 Å². The molecule has 128 valence electrons. The molecule has 1 saturated carbocycles. The van der Waals surface area contributed by atoms with Crippen molar-refractivity contribution in [1.29, 1.82) is 0 Å². The average molecular weight is 336 g/mol. The molecule has 2 fully saturated rings. The molecule has 3 aromatic rings. The van der Waals surface area contributed by atoms with Gasteiger partial charge in [-0.3, -0.25) is 9.78 Å². The summed E-state index contributed by atoms with van der Waals surface area (Å²) in [6, 6.07) is 7.90. The molecule has 4 heterocycles. The molecular formula is C19H20N4O2. The Hall–Kier alpha value is -2.63. The molecule has 1 atom stereocenters. The summed E-state index contributed by atoms with van der Waals surface area (Å²) in [4.78, 5) is 22.5. The number of aromatic nitrogens is 3. The van der Waals surface area contributed by atoms with E-state index in [1.807, 2.05) is 23.1 Å². The summed E-state index contributed by atoms with van der Waals surface area (Å²) in [6.07, 6.45) is 6.15. The minimum atomic E-state index is -0.0189. The number of nitrogens with zero attached hydrogens (tertiary/aromatic N) is 3. The first-order chi connectivity index (χ1) is 12.3. The van der Waals surface area contributed by atoms with Gasteiger partial charge < -0.3 is 14.4 Å². The Morgan fingerprint density at radius 1 is 1.24 bits per heavy atom. The van der Waals surface area contributed by atoms with Gasteiger partial charge in [-0.05, 0) is 43.9 Å². The fourth-order valence-electron chi connectivity index (χ4n) is 3.72. The Balaban J connectivity index is 1.35. The molecule has 25 heavy (non-hydrogen) atoms. The predicted octanol–water partition coefficient (Wildman–Crippen LogP) is 3.45. The van der Waals surface area contributed by atoms with Crippen molar-refractivity contribution in [2.45, 2.75) is 37.5 Å². The quantitative estimate of drug-likeness (QED) is 0.795. The van der Waals surface area contributed by atoms with Crippen LogP contribution in [0.3, 0.4) is 0 Å². The number of H-pyrrole nitrogens is 1. The highest BCUT2D eigenvalue weighted by molar-refractivity contribution is 5.92. The van der Waals surface area contributed by atoms with E-state index in [9.17, 15) is 4.79 Å². The fourth-order valence-corrected chi connectivity index (χ4v) is 3.72. The third-order valence-electron chi connectivity index (χ3n) is 5.29. The van der Waals surface area contributed by atoms with Crippen molar-refractivity contribution >= 4 is 16.9 Å². The topological polar surface area (TPSA) is 75.0 Å². The molecule has 6 heteroatoms. The largest absolute Gasteiger partial charge is 0.360 e. The molecule has 0 aromatic carbocycles. The van der Waals surface area contributed by atoms with Gasteiger partial charge in [-0.1, -0.05) is 5.16 Å². The van der Waals surface area contributed by atoms with Crippen LogP contribution in [0.4, 0.5) is 0 Å². The normalized spacial score (nSPS) is 21.0. The standard InChI is InChI=1S/C19H20N4O2/c24-19(17-10-18(25-22-17)12-5-6-12)23-8-2-3-13(11-23)15-9-16-14(21-15)4-1-7-20-16/h1,4,7,9-10,12-13,21H,2-3,5-6,8,11H2/t13-/m1/s1. The lowest BCUT2D eigenvalue weighted by molar-refractivity contribution is 0.0695. The van der Waals surface area contributed by atoms with E-state index >= 15 is 0 Å². The van der Waals surface area contributed by atoms with Crippen molar-refractivity contribution in [2.75, 3.05) is 13.1 Å². The van der Waals surface area contributed by atoms with Crippen molar-refractivity contribution in [1.82, 2.24) is 20.0 Å². The van der Waals surface area contributed by atoms with Crippen molar-refractivity contribution < 1.29 is 9.32 Å². The zero-order valence-electron chi connectivity index (χ0n) is 13.9. The maximum absolute atomic E-state index is 12.8. The van der Waals surface area contributed by atoms with Crippen LogP contribution in [0.25, 0.3) is 11.0 Å². The van der Waals surface area contributed by atoms with Crippen LogP contribution in [-0.2, 0) is 0 Å². The number of amides is 1. The highest BCUT2D eigenvalue weighted by atomic mass is 16.5. The van der Waals surface area contributed by atoms with Gasteiger partial charge in [0, 0.05) is 42.9 Å². The Labute approximate surface area is 145 Å². The van der Waals surface area contributed by atoms with Crippen LogP contribution in [0, 0.1) is 0 Å². The third kappa shape index (κ3) is 2.71. The second-order valence-electron chi connectivity index (χ2n) is 7.14. The lowest BCUT2D eigenvalue weighted by Crippen LogP contribution is -2.39. The number of hydrogen-bond donors (Lipinski definition) is 1. The summed E-state index contributed by atoms with van der Waals surface area (Å²) < 4.78 is 5.34. The molecule has 1 saturated heterocycles. The number of carbonyl (C=O) groups excluding carboxylic acids is 1. The lowest BCUT2D eigenvalue weighted by atomic mass is 9.94. The van der Waals surface area contributed by atoms with Gasteiger partial charge in [-0.2, -0.15) is 0 Å². The van der Waals surface area contributed by atoms with Crippen molar-refractivity contribution in [3.05, 3.63) is 47.6 Å². The van der Waals surface area contributed by atoms with E-state index in [1.165, 1.54) is 0 Å². The zero-order valence-corrected chi connectivity index (χ0v) is 13.9. The highest BCUT2D eigenvalue weighted by Gasteiger charge is 2.31. The minimum absolute atomic E-state index is 0.0189. The number of piperidine rings is 1. The van der Waals surface area contributed by atoms with Crippen molar-refractivity contribution in [3.8, 4) is 0 Å². The Kier molecular flexibility index (Phi) is 3.36. The number of aromatic amines is 1. The van der Waals surface area contributed by atoms with Gasteiger partial charge >= 0.3 is 0 Å². The van der Waals surface area contributed by atoms with Gasteiger partial charge in [0.1, 0.15) is 5.76 Å². The number of likely N-dealkylation sites (tertiary alicyclic amines) is 1. The summed E-state index contributed by atoms with van der Waals surface area (Å²) in [7, 11) is 0. The van der Waals surface area contributed by atoms with Crippen LogP contribution in [0.1, 0.15) is 59.5 Å². The monoisotopic (exact) mass is 336 g/mol. The first-order valence-corrected chi connectivity index (χ1v) is 8.97. The molecule has 1 amide bonds. The number of pyridine rings is 1. The van der Waals surface area contributed by atoms with E-state index in [0.717, 1.165) is 54.7 Å². The van der Waals surface area contributed by atoms with Gasteiger partial charge in [0.2, 0.25) is 0 Å². The number of hydrogen-bond acceptors (Lipinski definition) is 4. The van der Waals surface area contributed by atoms with Gasteiger partial charge in [0.15, 0.2) is 5.69 Å². The summed E-state index contributed by atoms with van der Waals surface area (Å²) >= 11 is 0. The van der Waals surface area contributed by atoms with E-state index in [-0.39, 0.29) is 5.91 Å². The second-order valence-corrected chi connectivity index (χ2v) is 7.14. The smallest absolute Gasteiger partial charge is 0.276 e. The molecule has 1 aliphatic carbocycles. The lowest BCUT2D eigenvalue weighted by Gasteiger charge is -2.31.